The molecule has 2 aliphatic rings. The maximum Gasteiger partial charge on any atom is 0.123 e. The third kappa shape index (κ3) is 3.53. The van der Waals surface area contributed by atoms with E-state index in [1.807, 2.05) is 65.6 Å². The molecule has 0 aromatic heterocycles. The van der Waals surface area contributed by atoms with Crippen LogP contribution in [0.2, 0.25) is 0 Å². The lowest BCUT2D eigenvalue weighted by Crippen LogP contribution is -2.56. The third-order valence-electron chi connectivity index (χ3n) is 7.20. The Morgan fingerprint density at radius 2 is 1.64 bits per heavy atom. The largest absolute Gasteiger partial charge is 0.549 e. The summed E-state index contributed by atoms with van der Waals surface area (Å²) in [4.78, 5) is 14.9. The Labute approximate surface area is 192 Å². The SMILES string of the molecule is O=C([O-])C12CN(Cc3ccccc3)C=C1C(O)(c1ccc(F)cc1)CCC2c1ccccc1. The third-order valence-corrected chi connectivity index (χ3v) is 7.20. The summed E-state index contributed by atoms with van der Waals surface area (Å²) in [6.07, 6.45) is 2.59. The van der Waals surface area contributed by atoms with Crippen molar-refractivity contribution >= 4 is 5.97 Å². The van der Waals surface area contributed by atoms with Crippen molar-refractivity contribution in [3.05, 3.63) is 119 Å². The van der Waals surface area contributed by atoms with E-state index in [1.165, 1.54) is 12.1 Å². The lowest BCUT2D eigenvalue weighted by atomic mass is 9.56. The second-order valence-corrected chi connectivity index (χ2v) is 9.06. The molecule has 1 aliphatic carbocycles. The van der Waals surface area contributed by atoms with Gasteiger partial charge in [0.15, 0.2) is 0 Å². The molecule has 5 heteroatoms. The van der Waals surface area contributed by atoms with Crippen molar-refractivity contribution in [2.75, 3.05) is 6.54 Å². The summed E-state index contributed by atoms with van der Waals surface area (Å²) in [6.45, 7) is 0.711. The topological polar surface area (TPSA) is 63.6 Å². The fraction of sp³-hybridized carbons (Fsp3) is 0.250. The van der Waals surface area contributed by atoms with Gasteiger partial charge in [-0.25, -0.2) is 4.39 Å². The van der Waals surface area contributed by atoms with Crippen LogP contribution in [0.25, 0.3) is 0 Å². The van der Waals surface area contributed by atoms with Gasteiger partial charge in [-0.05, 0) is 47.2 Å². The minimum Gasteiger partial charge on any atom is -0.549 e. The molecule has 3 aromatic carbocycles. The molecule has 0 bridgehead atoms. The molecule has 5 rings (SSSR count). The van der Waals surface area contributed by atoms with Gasteiger partial charge in [0, 0.05) is 25.2 Å². The Hall–Kier alpha value is -3.44. The molecule has 1 fully saturated rings. The van der Waals surface area contributed by atoms with Crippen LogP contribution in [-0.4, -0.2) is 22.5 Å². The Morgan fingerprint density at radius 3 is 2.27 bits per heavy atom. The first-order chi connectivity index (χ1) is 15.9. The molecule has 3 unspecified atom stereocenters. The summed E-state index contributed by atoms with van der Waals surface area (Å²) >= 11 is 0. The zero-order chi connectivity index (χ0) is 23.1. The Balaban J connectivity index is 1.64. The van der Waals surface area contributed by atoms with Gasteiger partial charge in [-0.15, -0.1) is 0 Å². The van der Waals surface area contributed by atoms with Crippen LogP contribution in [0.4, 0.5) is 4.39 Å². The van der Waals surface area contributed by atoms with Crippen LogP contribution >= 0.6 is 0 Å². The van der Waals surface area contributed by atoms with Gasteiger partial charge in [0.05, 0.1) is 11.4 Å². The molecule has 1 saturated carbocycles. The fourth-order valence-electron chi connectivity index (χ4n) is 5.66. The number of benzene rings is 3. The number of carboxylic acid groups (broad SMARTS) is 1. The first-order valence-electron chi connectivity index (χ1n) is 11.2. The molecule has 0 saturated heterocycles. The number of nitrogens with zero attached hydrogens (tertiary/aromatic N) is 1. The molecular weight excluding hydrogens is 417 g/mol. The molecule has 168 valence electrons. The van der Waals surface area contributed by atoms with Crippen LogP contribution in [0.1, 0.15) is 35.4 Å². The number of hydrogen-bond acceptors (Lipinski definition) is 4. The van der Waals surface area contributed by atoms with E-state index < -0.39 is 22.8 Å². The number of aliphatic hydroxyl groups is 1. The van der Waals surface area contributed by atoms with Crippen molar-refractivity contribution in [2.24, 2.45) is 5.41 Å². The van der Waals surface area contributed by atoms with Crippen molar-refractivity contribution in [1.82, 2.24) is 4.90 Å². The van der Waals surface area contributed by atoms with Crippen molar-refractivity contribution in [2.45, 2.75) is 30.9 Å². The van der Waals surface area contributed by atoms with Crippen molar-refractivity contribution in [3.8, 4) is 0 Å². The van der Waals surface area contributed by atoms with Gasteiger partial charge in [0.1, 0.15) is 11.4 Å². The van der Waals surface area contributed by atoms with Crippen molar-refractivity contribution in [3.63, 3.8) is 0 Å². The van der Waals surface area contributed by atoms with Crippen LogP contribution in [-0.2, 0) is 16.9 Å². The minimum absolute atomic E-state index is 0.197. The first kappa shape index (κ1) is 21.4. The molecule has 1 aliphatic heterocycles. The number of halogens is 1. The number of rotatable bonds is 5. The fourth-order valence-corrected chi connectivity index (χ4v) is 5.66. The molecule has 1 N–H and O–H groups in total. The van der Waals surface area contributed by atoms with Gasteiger partial charge in [-0.3, -0.25) is 0 Å². The standard InChI is InChI=1S/C28H26FNO3/c29-23-13-11-22(12-14-23)28(33)16-15-24(21-9-5-2-6-10-21)27(26(31)32)19-30(18-25(27)28)17-20-7-3-1-4-8-20/h1-14,18,24,33H,15-17,19H2,(H,31,32)/p-1. The van der Waals surface area contributed by atoms with E-state index in [-0.39, 0.29) is 12.5 Å². The molecule has 0 amide bonds. The van der Waals surface area contributed by atoms with Gasteiger partial charge >= 0.3 is 0 Å². The highest BCUT2D eigenvalue weighted by molar-refractivity contribution is 5.81. The number of carbonyl (C=O) groups is 1. The molecule has 33 heavy (non-hydrogen) atoms. The highest BCUT2D eigenvalue weighted by Crippen LogP contribution is 2.60. The van der Waals surface area contributed by atoms with Crippen LogP contribution in [0, 0.1) is 11.2 Å². The number of aliphatic carboxylic acids is 1. The van der Waals surface area contributed by atoms with Crippen molar-refractivity contribution < 1.29 is 19.4 Å². The Kier molecular flexibility index (Phi) is 5.29. The molecule has 3 atom stereocenters. The van der Waals surface area contributed by atoms with E-state index in [9.17, 15) is 19.4 Å². The van der Waals surface area contributed by atoms with Gasteiger partial charge in [-0.1, -0.05) is 72.8 Å². The van der Waals surface area contributed by atoms with Gasteiger partial charge in [0.2, 0.25) is 0 Å². The molecule has 0 spiro atoms. The van der Waals surface area contributed by atoms with E-state index in [4.69, 9.17) is 0 Å². The van der Waals surface area contributed by atoms with Gasteiger partial charge in [-0.2, -0.15) is 0 Å². The summed E-state index contributed by atoms with van der Waals surface area (Å²) in [5.41, 5.74) is -0.0629. The highest BCUT2D eigenvalue weighted by atomic mass is 19.1. The van der Waals surface area contributed by atoms with Crippen LogP contribution < -0.4 is 5.11 Å². The zero-order valence-electron chi connectivity index (χ0n) is 18.2. The maximum atomic E-state index is 13.6. The quantitative estimate of drug-likeness (QED) is 0.654. The average Bonchev–Trinajstić information content (AvgIpc) is 3.22. The molecule has 0 radical (unpaired) electrons. The zero-order valence-corrected chi connectivity index (χ0v) is 18.2. The summed E-state index contributed by atoms with van der Waals surface area (Å²) in [6, 6.07) is 25.1. The smallest absolute Gasteiger partial charge is 0.123 e. The van der Waals surface area contributed by atoms with E-state index in [0.717, 1.165) is 11.1 Å². The summed E-state index contributed by atoms with van der Waals surface area (Å²) in [7, 11) is 0. The number of carbonyl (C=O) groups excluding carboxylic acids is 1. The number of fused-ring (bicyclic) bond motifs is 1. The van der Waals surface area contributed by atoms with Gasteiger partial charge in [0.25, 0.3) is 0 Å². The second kappa shape index (κ2) is 8.16. The molecule has 4 nitrogen and oxygen atoms in total. The lowest BCUT2D eigenvalue weighted by Gasteiger charge is -2.51. The molecule has 3 aromatic rings. The summed E-state index contributed by atoms with van der Waals surface area (Å²) < 4.78 is 13.6. The Bertz CT molecular complexity index is 1180. The monoisotopic (exact) mass is 442 g/mol. The highest BCUT2D eigenvalue weighted by Gasteiger charge is 2.59. The molecule has 1 heterocycles. The van der Waals surface area contributed by atoms with E-state index in [0.29, 0.717) is 30.5 Å². The van der Waals surface area contributed by atoms with Gasteiger partial charge < -0.3 is 19.9 Å². The summed E-state index contributed by atoms with van der Waals surface area (Å²) in [5, 5.41) is 24.9. The number of hydrogen-bond donors (Lipinski definition) is 1. The van der Waals surface area contributed by atoms with Crippen LogP contribution in [0.15, 0.2) is 96.7 Å². The lowest BCUT2D eigenvalue weighted by molar-refractivity contribution is -0.320. The van der Waals surface area contributed by atoms with Crippen molar-refractivity contribution in [1.29, 1.82) is 0 Å². The maximum absolute atomic E-state index is 13.6. The van der Waals surface area contributed by atoms with Crippen LogP contribution in [0.3, 0.4) is 0 Å². The Morgan fingerprint density at radius 1 is 1.00 bits per heavy atom. The first-order valence-corrected chi connectivity index (χ1v) is 11.2. The minimum atomic E-state index is -1.52. The average molecular weight is 443 g/mol. The molecular formula is C28H25FNO3-. The second-order valence-electron chi connectivity index (χ2n) is 9.06. The predicted octanol–water partition coefficient (Wildman–Crippen LogP) is 3.73. The van der Waals surface area contributed by atoms with E-state index >= 15 is 0 Å². The van der Waals surface area contributed by atoms with E-state index in [1.54, 1.807) is 18.3 Å². The number of carboxylic acids is 1. The normalized spacial score (nSPS) is 26.5. The van der Waals surface area contributed by atoms with Crippen LogP contribution in [0.5, 0.6) is 0 Å². The summed E-state index contributed by atoms with van der Waals surface area (Å²) in [5.74, 6) is -1.95. The van der Waals surface area contributed by atoms with E-state index in [2.05, 4.69) is 0 Å². The predicted molar refractivity (Wildman–Crippen MR) is 121 cm³/mol.